The van der Waals surface area contributed by atoms with Crippen LogP contribution in [0.25, 0.3) is 0 Å². The Kier molecular flexibility index (Phi) is 5.31. The maximum Gasteiger partial charge on any atom is 0.275 e. The number of quaternary nitrogens is 1. The lowest BCUT2D eigenvalue weighted by Crippen LogP contribution is -3.13. The van der Waals surface area contributed by atoms with Gasteiger partial charge in [-0.2, -0.15) is 0 Å². The summed E-state index contributed by atoms with van der Waals surface area (Å²) in [5.74, 6) is 0.539. The molecule has 0 spiro atoms. The standard InChI is InChI=1S/C19H27FN2O/c1-14-6-2-5-9-18(14)21-19(23)13-22(16-10-11-16)12-15-7-3-4-8-17(15)20/h3-4,7-8,14,16,18H,2,5-6,9-13H2,1H3,(H,21,23)/p+1/t14-,18-/m0/s1. The molecule has 2 N–H and O–H groups in total. The number of benzene rings is 1. The van der Waals surface area contributed by atoms with E-state index in [4.69, 9.17) is 0 Å². The highest BCUT2D eigenvalue weighted by atomic mass is 19.1. The smallest absolute Gasteiger partial charge is 0.275 e. The van der Waals surface area contributed by atoms with Crippen molar-refractivity contribution in [2.75, 3.05) is 6.54 Å². The Morgan fingerprint density at radius 2 is 1.96 bits per heavy atom. The van der Waals surface area contributed by atoms with Gasteiger partial charge in [0, 0.05) is 24.4 Å². The van der Waals surface area contributed by atoms with Gasteiger partial charge in [-0.25, -0.2) is 4.39 Å². The lowest BCUT2D eigenvalue weighted by Gasteiger charge is -2.30. The van der Waals surface area contributed by atoms with Crippen LogP contribution in [0.3, 0.4) is 0 Å². The van der Waals surface area contributed by atoms with Crippen LogP contribution in [0, 0.1) is 11.7 Å². The minimum Gasteiger partial charge on any atom is -0.348 e. The van der Waals surface area contributed by atoms with Crippen LogP contribution in [0.2, 0.25) is 0 Å². The van der Waals surface area contributed by atoms with Gasteiger partial charge in [-0.15, -0.1) is 0 Å². The molecule has 1 amide bonds. The summed E-state index contributed by atoms with van der Waals surface area (Å²) in [6.07, 6.45) is 7.09. The Balaban J connectivity index is 1.57. The maximum atomic E-state index is 13.9. The number of hydrogen-bond acceptors (Lipinski definition) is 1. The van der Waals surface area contributed by atoms with Crippen LogP contribution in [0.5, 0.6) is 0 Å². The van der Waals surface area contributed by atoms with Crippen molar-refractivity contribution in [3.05, 3.63) is 35.6 Å². The number of halogens is 1. The van der Waals surface area contributed by atoms with Crippen molar-refractivity contribution >= 4 is 5.91 Å². The first kappa shape index (κ1) is 16.4. The molecule has 0 aliphatic heterocycles. The van der Waals surface area contributed by atoms with Crippen LogP contribution < -0.4 is 10.2 Å². The third-order valence-corrected chi connectivity index (χ3v) is 5.38. The number of carbonyl (C=O) groups excluding carboxylic acids is 1. The minimum absolute atomic E-state index is 0.127. The van der Waals surface area contributed by atoms with E-state index in [0.717, 1.165) is 19.3 Å². The molecule has 3 nitrogen and oxygen atoms in total. The topological polar surface area (TPSA) is 33.5 Å². The molecule has 1 aromatic rings. The van der Waals surface area contributed by atoms with Gasteiger partial charge < -0.3 is 10.2 Å². The van der Waals surface area contributed by atoms with Gasteiger partial charge in [0.05, 0.1) is 6.04 Å². The molecule has 2 aliphatic carbocycles. The second kappa shape index (κ2) is 7.43. The highest BCUT2D eigenvalue weighted by molar-refractivity contribution is 5.77. The third-order valence-electron chi connectivity index (χ3n) is 5.38. The van der Waals surface area contributed by atoms with Crippen LogP contribution in [-0.2, 0) is 11.3 Å². The molecule has 23 heavy (non-hydrogen) atoms. The predicted octanol–water partition coefficient (Wildman–Crippen LogP) is 2.07. The van der Waals surface area contributed by atoms with E-state index < -0.39 is 0 Å². The van der Waals surface area contributed by atoms with E-state index in [-0.39, 0.29) is 11.7 Å². The van der Waals surface area contributed by atoms with Crippen molar-refractivity contribution in [1.29, 1.82) is 0 Å². The van der Waals surface area contributed by atoms with E-state index in [9.17, 15) is 9.18 Å². The Morgan fingerprint density at radius 3 is 2.65 bits per heavy atom. The zero-order valence-corrected chi connectivity index (χ0v) is 14.0. The summed E-state index contributed by atoms with van der Waals surface area (Å²) in [6, 6.07) is 7.76. The van der Waals surface area contributed by atoms with E-state index in [1.54, 1.807) is 6.07 Å². The van der Waals surface area contributed by atoms with Crippen molar-refractivity contribution in [3.8, 4) is 0 Å². The van der Waals surface area contributed by atoms with E-state index in [2.05, 4.69) is 12.2 Å². The van der Waals surface area contributed by atoms with Gasteiger partial charge in [0.25, 0.3) is 5.91 Å². The molecule has 0 aromatic heterocycles. The summed E-state index contributed by atoms with van der Waals surface area (Å²) in [5, 5.41) is 3.23. The molecular weight excluding hydrogens is 291 g/mol. The molecule has 0 heterocycles. The van der Waals surface area contributed by atoms with Gasteiger partial charge in [0.15, 0.2) is 6.54 Å². The van der Waals surface area contributed by atoms with Crippen LogP contribution in [0.1, 0.15) is 51.0 Å². The van der Waals surface area contributed by atoms with Crippen LogP contribution in [-0.4, -0.2) is 24.5 Å². The average Bonchev–Trinajstić information content (AvgIpc) is 3.36. The third kappa shape index (κ3) is 4.54. The molecule has 1 aromatic carbocycles. The minimum atomic E-state index is -0.160. The fourth-order valence-electron chi connectivity index (χ4n) is 3.72. The van der Waals surface area contributed by atoms with Crippen LogP contribution in [0.4, 0.5) is 4.39 Å². The van der Waals surface area contributed by atoms with E-state index in [0.29, 0.717) is 36.7 Å². The number of amides is 1. The Hall–Kier alpha value is -1.42. The maximum absolute atomic E-state index is 13.9. The number of nitrogens with one attached hydrogen (secondary N) is 2. The molecule has 0 bridgehead atoms. The lowest BCUT2D eigenvalue weighted by molar-refractivity contribution is -0.917. The highest BCUT2D eigenvalue weighted by Crippen LogP contribution is 2.23. The van der Waals surface area contributed by atoms with Gasteiger partial charge in [-0.05, 0) is 24.8 Å². The fourth-order valence-corrected chi connectivity index (χ4v) is 3.72. The quantitative estimate of drug-likeness (QED) is 0.827. The zero-order valence-electron chi connectivity index (χ0n) is 14.0. The van der Waals surface area contributed by atoms with Gasteiger partial charge in [-0.1, -0.05) is 38.0 Å². The SMILES string of the molecule is C[C@H]1CCCC[C@@H]1NC(=O)C[NH+](Cc1ccccc1F)C1CC1. The average molecular weight is 319 g/mol. The Labute approximate surface area is 138 Å². The molecule has 3 rings (SSSR count). The first-order valence-electron chi connectivity index (χ1n) is 9.01. The Bertz CT molecular complexity index is 544. The van der Waals surface area contributed by atoms with Crippen LogP contribution >= 0.6 is 0 Å². The number of hydrogen-bond donors (Lipinski definition) is 2. The second-order valence-corrected chi connectivity index (χ2v) is 7.31. The summed E-state index contributed by atoms with van der Waals surface area (Å²) in [7, 11) is 0. The van der Waals surface area contributed by atoms with Gasteiger partial charge in [0.2, 0.25) is 0 Å². The van der Waals surface area contributed by atoms with Crippen molar-refractivity contribution < 1.29 is 14.1 Å². The van der Waals surface area contributed by atoms with E-state index in [1.165, 1.54) is 30.2 Å². The first-order valence-corrected chi connectivity index (χ1v) is 9.01. The number of rotatable bonds is 6. The summed E-state index contributed by atoms with van der Waals surface area (Å²) in [6.45, 7) is 3.29. The monoisotopic (exact) mass is 319 g/mol. The van der Waals surface area contributed by atoms with E-state index >= 15 is 0 Å². The normalized spacial score (nSPS) is 25.8. The summed E-state index contributed by atoms with van der Waals surface area (Å²) >= 11 is 0. The lowest BCUT2D eigenvalue weighted by atomic mass is 9.86. The first-order chi connectivity index (χ1) is 11.1. The van der Waals surface area contributed by atoms with Crippen molar-refractivity contribution in [2.24, 2.45) is 5.92 Å². The molecule has 0 saturated heterocycles. The largest absolute Gasteiger partial charge is 0.348 e. The summed E-state index contributed by atoms with van der Waals surface area (Å²) < 4.78 is 13.9. The molecule has 126 valence electrons. The molecular formula is C19H28FN2O+. The zero-order chi connectivity index (χ0) is 16.2. The number of carbonyl (C=O) groups is 1. The molecule has 1 unspecified atom stereocenters. The molecule has 2 fully saturated rings. The predicted molar refractivity (Wildman–Crippen MR) is 88.5 cm³/mol. The van der Waals surface area contributed by atoms with Crippen LogP contribution in [0.15, 0.2) is 24.3 Å². The van der Waals surface area contributed by atoms with Crippen molar-refractivity contribution in [2.45, 2.75) is 64.1 Å². The molecule has 2 saturated carbocycles. The van der Waals surface area contributed by atoms with Gasteiger partial charge >= 0.3 is 0 Å². The van der Waals surface area contributed by atoms with E-state index in [1.807, 2.05) is 12.1 Å². The molecule has 2 aliphatic rings. The fraction of sp³-hybridized carbons (Fsp3) is 0.632. The highest BCUT2D eigenvalue weighted by Gasteiger charge is 2.35. The van der Waals surface area contributed by atoms with Gasteiger partial charge in [0.1, 0.15) is 12.4 Å². The summed E-state index contributed by atoms with van der Waals surface area (Å²) in [5.41, 5.74) is 0.716. The molecule has 3 atom stereocenters. The second-order valence-electron chi connectivity index (χ2n) is 7.31. The van der Waals surface area contributed by atoms with Crippen molar-refractivity contribution in [3.63, 3.8) is 0 Å². The Morgan fingerprint density at radius 1 is 1.22 bits per heavy atom. The molecule has 0 radical (unpaired) electrons. The summed E-state index contributed by atoms with van der Waals surface area (Å²) in [4.78, 5) is 13.7. The van der Waals surface area contributed by atoms with Crippen molar-refractivity contribution in [1.82, 2.24) is 5.32 Å². The van der Waals surface area contributed by atoms with Gasteiger partial charge in [-0.3, -0.25) is 4.79 Å². The molecule has 4 heteroatoms.